The molecule has 0 fully saturated rings. The highest BCUT2D eigenvalue weighted by atomic mass is 19.2. The van der Waals surface area contributed by atoms with Crippen molar-refractivity contribution in [3.05, 3.63) is 65.2 Å². The van der Waals surface area contributed by atoms with E-state index in [1.807, 2.05) is 0 Å². The van der Waals surface area contributed by atoms with Gasteiger partial charge >= 0.3 is 0 Å². The van der Waals surface area contributed by atoms with Crippen LogP contribution in [0.4, 0.5) is 13.2 Å². The van der Waals surface area contributed by atoms with Crippen LogP contribution >= 0.6 is 0 Å². The number of nitrogens with zero attached hydrogens (tertiary/aromatic N) is 1. The lowest BCUT2D eigenvalue weighted by molar-refractivity contribution is 0.498. The molecule has 0 amide bonds. The van der Waals surface area contributed by atoms with Crippen LogP contribution in [0, 0.1) is 17.5 Å². The molecule has 0 saturated heterocycles. The van der Waals surface area contributed by atoms with Crippen LogP contribution in [0.2, 0.25) is 0 Å². The number of hydrogen-bond donors (Lipinski definition) is 1. The lowest BCUT2D eigenvalue weighted by Gasteiger charge is -2.16. The Hall–Kier alpha value is -1.88. The number of likely N-dealkylation sites (N-methyl/N-ethyl adjacent to an activating group) is 1. The first-order chi connectivity index (χ1) is 9.11. The molecule has 0 aliphatic rings. The summed E-state index contributed by atoms with van der Waals surface area (Å²) in [6.45, 7) is 0. The minimum atomic E-state index is -0.908. The lowest BCUT2D eigenvalue weighted by atomic mass is 10.0. The fourth-order valence-corrected chi connectivity index (χ4v) is 1.89. The third-order valence-corrected chi connectivity index (χ3v) is 2.89. The van der Waals surface area contributed by atoms with E-state index in [9.17, 15) is 13.2 Å². The van der Waals surface area contributed by atoms with Crippen LogP contribution in [0.1, 0.15) is 17.3 Å². The maximum atomic E-state index is 13.6. The molecule has 0 aliphatic heterocycles. The van der Waals surface area contributed by atoms with Gasteiger partial charge in [0.05, 0.1) is 11.7 Å². The number of halogens is 3. The Labute approximate surface area is 109 Å². The van der Waals surface area contributed by atoms with Gasteiger partial charge in [-0.2, -0.15) is 0 Å². The fourth-order valence-electron chi connectivity index (χ4n) is 1.89. The van der Waals surface area contributed by atoms with Gasteiger partial charge in [-0.1, -0.05) is 6.07 Å². The van der Waals surface area contributed by atoms with Crippen LogP contribution in [0.25, 0.3) is 0 Å². The molecule has 1 unspecified atom stereocenters. The molecule has 1 aromatic carbocycles. The van der Waals surface area contributed by atoms with Crippen LogP contribution in [0.5, 0.6) is 0 Å². The average molecular weight is 266 g/mol. The highest BCUT2D eigenvalue weighted by Gasteiger charge is 2.16. The van der Waals surface area contributed by atoms with E-state index in [1.165, 1.54) is 24.4 Å². The van der Waals surface area contributed by atoms with Crippen molar-refractivity contribution in [1.29, 1.82) is 0 Å². The number of benzene rings is 1. The van der Waals surface area contributed by atoms with Gasteiger partial charge in [-0.3, -0.25) is 4.98 Å². The van der Waals surface area contributed by atoms with Crippen molar-refractivity contribution in [1.82, 2.24) is 10.3 Å². The molecule has 100 valence electrons. The Morgan fingerprint density at radius 2 is 1.89 bits per heavy atom. The van der Waals surface area contributed by atoms with Crippen molar-refractivity contribution in [3.63, 3.8) is 0 Å². The van der Waals surface area contributed by atoms with E-state index in [0.717, 1.165) is 12.1 Å². The van der Waals surface area contributed by atoms with Crippen molar-refractivity contribution >= 4 is 0 Å². The molecule has 1 aromatic heterocycles. The van der Waals surface area contributed by atoms with E-state index in [-0.39, 0.29) is 5.69 Å². The summed E-state index contributed by atoms with van der Waals surface area (Å²) in [6, 6.07) is 6.07. The summed E-state index contributed by atoms with van der Waals surface area (Å²) in [5, 5.41) is 2.92. The summed E-state index contributed by atoms with van der Waals surface area (Å²) in [5.41, 5.74) is 0.832. The Kier molecular flexibility index (Phi) is 4.16. The zero-order valence-electron chi connectivity index (χ0n) is 10.3. The van der Waals surface area contributed by atoms with Crippen LogP contribution in [0.3, 0.4) is 0 Å². The molecule has 0 bridgehead atoms. The molecule has 1 heterocycles. The van der Waals surface area contributed by atoms with E-state index in [1.54, 1.807) is 7.05 Å². The summed E-state index contributed by atoms with van der Waals surface area (Å²) in [4.78, 5) is 3.98. The second-order valence-corrected chi connectivity index (χ2v) is 4.16. The third-order valence-electron chi connectivity index (χ3n) is 2.89. The van der Waals surface area contributed by atoms with Gasteiger partial charge in [-0.05, 0) is 43.3 Å². The topological polar surface area (TPSA) is 24.9 Å². The minimum Gasteiger partial charge on any atom is -0.311 e. The summed E-state index contributed by atoms with van der Waals surface area (Å²) < 4.78 is 39.6. The summed E-state index contributed by atoms with van der Waals surface area (Å²) >= 11 is 0. The monoisotopic (exact) mass is 266 g/mol. The van der Waals surface area contributed by atoms with Crippen LogP contribution in [-0.2, 0) is 6.42 Å². The minimum absolute atomic E-state index is 0.259. The molecule has 0 saturated carbocycles. The molecule has 2 rings (SSSR count). The first-order valence-corrected chi connectivity index (χ1v) is 5.83. The predicted molar refractivity (Wildman–Crippen MR) is 66.1 cm³/mol. The zero-order valence-corrected chi connectivity index (χ0v) is 10.3. The Balaban J connectivity index is 2.24. The van der Waals surface area contributed by atoms with Gasteiger partial charge in [0.1, 0.15) is 5.82 Å². The highest BCUT2D eigenvalue weighted by molar-refractivity contribution is 5.22. The average Bonchev–Trinajstić information content (AvgIpc) is 2.41. The van der Waals surface area contributed by atoms with Gasteiger partial charge in [0.15, 0.2) is 11.6 Å². The third kappa shape index (κ3) is 3.12. The van der Waals surface area contributed by atoms with E-state index in [0.29, 0.717) is 12.0 Å². The molecule has 2 nitrogen and oxygen atoms in total. The lowest BCUT2D eigenvalue weighted by Crippen LogP contribution is -2.21. The highest BCUT2D eigenvalue weighted by Crippen LogP contribution is 2.20. The summed E-state index contributed by atoms with van der Waals surface area (Å²) in [5.74, 6) is -2.23. The number of aromatic nitrogens is 1. The van der Waals surface area contributed by atoms with Crippen LogP contribution in [0.15, 0.2) is 36.5 Å². The van der Waals surface area contributed by atoms with Gasteiger partial charge in [0.25, 0.3) is 0 Å². The molecule has 5 heteroatoms. The maximum absolute atomic E-state index is 13.6. The molecular formula is C14H13F3N2. The Morgan fingerprint density at radius 1 is 1.11 bits per heavy atom. The smallest absolute Gasteiger partial charge is 0.159 e. The van der Waals surface area contributed by atoms with E-state index in [2.05, 4.69) is 10.3 Å². The van der Waals surface area contributed by atoms with E-state index in [4.69, 9.17) is 0 Å². The number of pyridine rings is 1. The molecule has 0 spiro atoms. The first kappa shape index (κ1) is 13.5. The van der Waals surface area contributed by atoms with Crippen molar-refractivity contribution in [3.8, 4) is 0 Å². The quantitative estimate of drug-likeness (QED) is 0.920. The SMILES string of the molecule is CNC(Cc1ccc(F)c(F)c1)c1ncccc1F. The number of hydrogen-bond acceptors (Lipinski definition) is 2. The molecule has 1 atom stereocenters. The molecule has 1 N–H and O–H groups in total. The fraction of sp³-hybridized carbons (Fsp3) is 0.214. The standard InChI is InChI=1S/C14H13F3N2/c1-18-13(14-11(16)3-2-6-19-14)8-9-4-5-10(15)12(17)7-9/h2-7,13,18H,8H2,1H3. The van der Waals surface area contributed by atoms with Crippen molar-refractivity contribution in [2.45, 2.75) is 12.5 Å². The van der Waals surface area contributed by atoms with Gasteiger partial charge in [-0.15, -0.1) is 0 Å². The van der Waals surface area contributed by atoms with Gasteiger partial charge in [0.2, 0.25) is 0 Å². The van der Waals surface area contributed by atoms with Crippen molar-refractivity contribution < 1.29 is 13.2 Å². The van der Waals surface area contributed by atoms with Gasteiger partial charge in [-0.25, -0.2) is 13.2 Å². The van der Waals surface area contributed by atoms with E-state index < -0.39 is 23.5 Å². The number of nitrogens with one attached hydrogen (secondary N) is 1. The predicted octanol–water partition coefficient (Wildman–Crippen LogP) is 3.00. The van der Waals surface area contributed by atoms with E-state index >= 15 is 0 Å². The molecule has 0 radical (unpaired) electrons. The molecule has 0 aliphatic carbocycles. The zero-order chi connectivity index (χ0) is 13.8. The molecule has 19 heavy (non-hydrogen) atoms. The van der Waals surface area contributed by atoms with Crippen molar-refractivity contribution in [2.75, 3.05) is 7.05 Å². The summed E-state index contributed by atoms with van der Waals surface area (Å²) in [6.07, 6.45) is 1.82. The van der Waals surface area contributed by atoms with Crippen LogP contribution in [-0.4, -0.2) is 12.0 Å². The normalized spacial score (nSPS) is 12.4. The second-order valence-electron chi connectivity index (χ2n) is 4.16. The Bertz CT molecular complexity index is 572. The maximum Gasteiger partial charge on any atom is 0.159 e. The summed E-state index contributed by atoms with van der Waals surface area (Å²) in [7, 11) is 1.67. The number of rotatable bonds is 4. The Morgan fingerprint density at radius 3 is 2.53 bits per heavy atom. The van der Waals surface area contributed by atoms with Gasteiger partial charge in [0, 0.05) is 6.20 Å². The van der Waals surface area contributed by atoms with Gasteiger partial charge < -0.3 is 5.32 Å². The second kappa shape index (κ2) is 5.84. The largest absolute Gasteiger partial charge is 0.311 e. The molecular weight excluding hydrogens is 253 g/mol. The first-order valence-electron chi connectivity index (χ1n) is 5.83. The molecule has 2 aromatic rings. The van der Waals surface area contributed by atoms with Crippen LogP contribution < -0.4 is 5.32 Å². The van der Waals surface area contributed by atoms with Crippen molar-refractivity contribution in [2.24, 2.45) is 0 Å².